The Labute approximate surface area is 124 Å². The largest absolute Gasteiger partial charge is 0.485 e. The molecule has 2 rings (SSSR count). The number of nitrogens with two attached hydrogens (primary N) is 1. The first-order chi connectivity index (χ1) is 9.04. The smallest absolute Gasteiger partial charge is 0.165 e. The molecule has 1 aromatic carbocycles. The highest BCUT2D eigenvalue weighted by molar-refractivity contribution is 9.10. The topological polar surface area (TPSA) is 35.2 Å². The Morgan fingerprint density at radius 3 is 2.79 bits per heavy atom. The third-order valence-corrected chi connectivity index (χ3v) is 4.22. The van der Waals surface area contributed by atoms with E-state index in [0.29, 0.717) is 13.0 Å². The molecule has 0 amide bonds. The Hall–Kier alpha value is -0.910. The highest BCUT2D eigenvalue weighted by Gasteiger charge is 2.07. The molecule has 5 heteroatoms. The molecule has 0 saturated carbocycles. The summed E-state index contributed by atoms with van der Waals surface area (Å²) in [5.74, 6) is -0.0632. The summed E-state index contributed by atoms with van der Waals surface area (Å²) >= 11 is 4.95. The molecule has 2 N–H and O–H groups in total. The number of hydrogen-bond acceptors (Lipinski definition) is 3. The molecule has 1 heterocycles. The van der Waals surface area contributed by atoms with Crippen molar-refractivity contribution < 1.29 is 9.13 Å². The molecule has 2 nitrogen and oxygen atoms in total. The second kappa shape index (κ2) is 6.50. The second-order valence-electron chi connectivity index (χ2n) is 4.47. The molecule has 0 aliphatic rings. The van der Waals surface area contributed by atoms with Crippen LogP contribution in [0.1, 0.15) is 17.4 Å². The zero-order valence-corrected chi connectivity index (χ0v) is 12.9. The van der Waals surface area contributed by atoms with Crippen LogP contribution < -0.4 is 10.5 Å². The minimum Gasteiger partial charge on any atom is -0.485 e. The summed E-state index contributed by atoms with van der Waals surface area (Å²) in [6, 6.07) is 6.99. The van der Waals surface area contributed by atoms with E-state index in [1.54, 1.807) is 17.4 Å². The predicted octanol–water partition coefficient (Wildman–Crippen LogP) is 4.12. The van der Waals surface area contributed by atoms with Gasteiger partial charge < -0.3 is 10.5 Å². The summed E-state index contributed by atoms with van der Waals surface area (Å²) in [6.45, 7) is 2.27. The summed E-state index contributed by atoms with van der Waals surface area (Å²) in [6.07, 6.45) is 0.662. The SMILES string of the molecule is CC(N)Cc1ccc(OCc2cc(Br)cs2)c(F)c1. The maximum Gasteiger partial charge on any atom is 0.165 e. The number of ether oxygens (including phenoxy) is 1. The first-order valence-electron chi connectivity index (χ1n) is 5.94. The molecule has 0 spiro atoms. The van der Waals surface area contributed by atoms with Crippen LogP contribution in [0.2, 0.25) is 0 Å². The third-order valence-electron chi connectivity index (χ3n) is 2.55. The number of halogens is 2. The molecule has 2 aromatic rings. The molecule has 0 aliphatic heterocycles. The highest BCUT2D eigenvalue weighted by atomic mass is 79.9. The van der Waals surface area contributed by atoms with Crippen LogP contribution in [0.4, 0.5) is 4.39 Å². The lowest BCUT2D eigenvalue weighted by Crippen LogP contribution is -2.17. The van der Waals surface area contributed by atoms with Crippen molar-refractivity contribution in [1.82, 2.24) is 0 Å². The van der Waals surface area contributed by atoms with Crippen molar-refractivity contribution in [2.24, 2.45) is 5.73 Å². The monoisotopic (exact) mass is 343 g/mol. The third kappa shape index (κ3) is 4.30. The van der Waals surface area contributed by atoms with E-state index in [2.05, 4.69) is 15.9 Å². The summed E-state index contributed by atoms with van der Waals surface area (Å²) in [5.41, 5.74) is 6.58. The minimum atomic E-state index is -0.339. The van der Waals surface area contributed by atoms with Crippen molar-refractivity contribution in [3.05, 3.63) is 50.4 Å². The van der Waals surface area contributed by atoms with Crippen molar-refractivity contribution in [2.45, 2.75) is 26.0 Å². The quantitative estimate of drug-likeness (QED) is 0.886. The second-order valence-corrected chi connectivity index (χ2v) is 6.38. The van der Waals surface area contributed by atoms with Gasteiger partial charge in [0.05, 0.1) is 0 Å². The number of thiophene rings is 1. The van der Waals surface area contributed by atoms with Gasteiger partial charge in [-0.05, 0) is 53.0 Å². The first kappa shape index (κ1) is 14.5. The van der Waals surface area contributed by atoms with Gasteiger partial charge in [-0.15, -0.1) is 11.3 Å². The Morgan fingerprint density at radius 2 is 2.21 bits per heavy atom. The average Bonchev–Trinajstić information content (AvgIpc) is 2.73. The van der Waals surface area contributed by atoms with Crippen LogP contribution in [-0.2, 0) is 13.0 Å². The Balaban J connectivity index is 2.00. The molecule has 0 radical (unpaired) electrons. The predicted molar refractivity (Wildman–Crippen MR) is 80.1 cm³/mol. The van der Waals surface area contributed by atoms with Crippen molar-refractivity contribution in [3.63, 3.8) is 0 Å². The van der Waals surface area contributed by atoms with Gasteiger partial charge in [-0.1, -0.05) is 6.07 Å². The van der Waals surface area contributed by atoms with E-state index < -0.39 is 0 Å². The maximum absolute atomic E-state index is 13.8. The molecule has 0 aliphatic carbocycles. The van der Waals surface area contributed by atoms with Crippen LogP contribution >= 0.6 is 27.3 Å². The number of benzene rings is 1. The highest BCUT2D eigenvalue weighted by Crippen LogP contribution is 2.24. The van der Waals surface area contributed by atoms with Gasteiger partial charge in [0.1, 0.15) is 6.61 Å². The average molecular weight is 344 g/mol. The molecule has 1 unspecified atom stereocenters. The maximum atomic E-state index is 13.8. The van der Waals surface area contributed by atoms with E-state index in [-0.39, 0.29) is 17.6 Å². The van der Waals surface area contributed by atoms with E-state index in [0.717, 1.165) is 14.9 Å². The Morgan fingerprint density at radius 1 is 1.42 bits per heavy atom. The molecule has 0 fully saturated rings. The van der Waals surface area contributed by atoms with Crippen molar-refractivity contribution in [2.75, 3.05) is 0 Å². The van der Waals surface area contributed by atoms with Crippen LogP contribution in [0.5, 0.6) is 5.75 Å². The molecule has 0 saturated heterocycles. The van der Waals surface area contributed by atoms with Gasteiger partial charge in [-0.2, -0.15) is 0 Å². The summed E-state index contributed by atoms with van der Waals surface area (Å²) < 4.78 is 20.3. The Bertz CT molecular complexity index is 556. The number of hydrogen-bond donors (Lipinski definition) is 1. The normalized spacial score (nSPS) is 12.4. The Kier molecular flexibility index (Phi) is 4.96. The van der Waals surface area contributed by atoms with Gasteiger partial charge in [0.15, 0.2) is 11.6 Å². The molecule has 1 atom stereocenters. The van der Waals surface area contributed by atoms with E-state index >= 15 is 0 Å². The molecule has 0 bridgehead atoms. The zero-order valence-electron chi connectivity index (χ0n) is 10.5. The molecular formula is C14H15BrFNOS. The summed E-state index contributed by atoms with van der Waals surface area (Å²) in [5, 5.41) is 1.97. The lowest BCUT2D eigenvalue weighted by Gasteiger charge is -2.09. The van der Waals surface area contributed by atoms with Gasteiger partial charge >= 0.3 is 0 Å². The first-order valence-corrected chi connectivity index (χ1v) is 7.61. The van der Waals surface area contributed by atoms with Gasteiger partial charge in [0.2, 0.25) is 0 Å². The van der Waals surface area contributed by atoms with Gasteiger partial charge in [-0.25, -0.2) is 4.39 Å². The van der Waals surface area contributed by atoms with Crippen LogP contribution in [0.25, 0.3) is 0 Å². The molecule has 1 aromatic heterocycles. The van der Waals surface area contributed by atoms with Gasteiger partial charge in [0.25, 0.3) is 0 Å². The fraction of sp³-hybridized carbons (Fsp3) is 0.286. The van der Waals surface area contributed by atoms with Gasteiger partial charge in [-0.3, -0.25) is 0 Å². The number of rotatable bonds is 5. The zero-order chi connectivity index (χ0) is 13.8. The van der Waals surface area contributed by atoms with E-state index in [9.17, 15) is 4.39 Å². The van der Waals surface area contributed by atoms with Crippen LogP contribution in [-0.4, -0.2) is 6.04 Å². The van der Waals surface area contributed by atoms with Crippen LogP contribution in [0.3, 0.4) is 0 Å². The van der Waals surface area contributed by atoms with E-state index in [1.165, 1.54) is 6.07 Å². The van der Waals surface area contributed by atoms with Gasteiger partial charge in [0, 0.05) is 20.8 Å². The van der Waals surface area contributed by atoms with Crippen molar-refractivity contribution in [3.8, 4) is 5.75 Å². The molecular weight excluding hydrogens is 329 g/mol. The molecule has 102 valence electrons. The molecule has 19 heavy (non-hydrogen) atoms. The fourth-order valence-electron chi connectivity index (χ4n) is 1.74. The lowest BCUT2D eigenvalue weighted by atomic mass is 10.1. The summed E-state index contributed by atoms with van der Waals surface area (Å²) in [7, 11) is 0. The van der Waals surface area contributed by atoms with E-state index in [4.69, 9.17) is 10.5 Å². The lowest BCUT2D eigenvalue weighted by molar-refractivity contribution is 0.293. The van der Waals surface area contributed by atoms with Crippen LogP contribution in [0, 0.1) is 5.82 Å². The summed E-state index contributed by atoms with van der Waals surface area (Å²) in [4.78, 5) is 1.05. The van der Waals surface area contributed by atoms with Crippen LogP contribution in [0.15, 0.2) is 34.1 Å². The van der Waals surface area contributed by atoms with Crippen molar-refractivity contribution >= 4 is 27.3 Å². The van der Waals surface area contributed by atoms with E-state index in [1.807, 2.05) is 24.4 Å². The fourth-order valence-corrected chi connectivity index (χ4v) is 3.10. The van der Waals surface area contributed by atoms with Crippen molar-refractivity contribution in [1.29, 1.82) is 0 Å². The minimum absolute atomic E-state index is 0.0228. The standard InChI is InChI=1S/C14H15BrFNOS/c1-9(17)4-10-2-3-14(13(16)5-10)18-7-12-6-11(15)8-19-12/h2-3,5-6,8-9H,4,7,17H2,1H3.